The fourth-order valence-corrected chi connectivity index (χ4v) is 1.45. The van der Waals surface area contributed by atoms with E-state index in [9.17, 15) is 9.90 Å². The van der Waals surface area contributed by atoms with Crippen LogP contribution in [0.3, 0.4) is 0 Å². The summed E-state index contributed by atoms with van der Waals surface area (Å²) in [4.78, 5) is 13.4. The van der Waals surface area contributed by atoms with Crippen molar-refractivity contribution in [1.82, 2.24) is 4.98 Å². The Bertz CT molecular complexity index is 529. The lowest BCUT2D eigenvalue weighted by Crippen LogP contribution is -1.94. The van der Waals surface area contributed by atoms with Crippen LogP contribution in [-0.4, -0.2) is 28.3 Å². The molecule has 0 atom stereocenters. The van der Waals surface area contributed by atoms with Gasteiger partial charge >= 0.3 is 5.97 Å². The van der Waals surface area contributed by atoms with Gasteiger partial charge in [0, 0.05) is 5.39 Å². The number of hydrogen-bond acceptors (Lipinski definition) is 3. The van der Waals surface area contributed by atoms with Gasteiger partial charge < -0.3 is 19.9 Å². The summed E-state index contributed by atoms with van der Waals surface area (Å²) in [5.74, 6) is -0.804. The molecule has 15 heavy (non-hydrogen) atoms. The minimum Gasteiger partial charge on any atom is -0.504 e. The standard InChI is InChI=1S/C10H9NO4/c1-15-8-3-2-6-5(9(8)12)4-7(11-6)10(13)14/h2-4,11-12H,1H3,(H,13,14). The first kappa shape index (κ1) is 9.39. The molecule has 3 N–H and O–H groups in total. The predicted molar refractivity (Wildman–Crippen MR) is 53.5 cm³/mol. The highest BCUT2D eigenvalue weighted by Gasteiger charge is 2.12. The molecule has 2 rings (SSSR count). The summed E-state index contributed by atoms with van der Waals surface area (Å²) in [7, 11) is 1.44. The fourth-order valence-electron chi connectivity index (χ4n) is 1.45. The highest BCUT2D eigenvalue weighted by atomic mass is 16.5. The number of phenols is 1. The van der Waals surface area contributed by atoms with Crippen molar-refractivity contribution in [2.24, 2.45) is 0 Å². The van der Waals surface area contributed by atoms with Gasteiger partial charge in [0.2, 0.25) is 0 Å². The summed E-state index contributed by atoms with van der Waals surface area (Å²) < 4.78 is 4.91. The van der Waals surface area contributed by atoms with E-state index in [-0.39, 0.29) is 11.4 Å². The van der Waals surface area contributed by atoms with Crippen LogP contribution in [0.25, 0.3) is 10.9 Å². The molecule has 0 aliphatic rings. The molecule has 0 saturated carbocycles. The second-order valence-electron chi connectivity index (χ2n) is 3.07. The van der Waals surface area contributed by atoms with Gasteiger partial charge in [-0.3, -0.25) is 0 Å². The number of ether oxygens (including phenoxy) is 1. The number of carbonyl (C=O) groups is 1. The Morgan fingerprint density at radius 1 is 1.47 bits per heavy atom. The van der Waals surface area contributed by atoms with Gasteiger partial charge in [0.05, 0.1) is 12.6 Å². The maximum Gasteiger partial charge on any atom is 0.352 e. The number of aromatic nitrogens is 1. The molecular weight excluding hydrogens is 198 g/mol. The normalized spacial score (nSPS) is 10.5. The van der Waals surface area contributed by atoms with Gasteiger partial charge in [0.25, 0.3) is 0 Å². The molecule has 0 amide bonds. The molecule has 0 radical (unpaired) electrons. The second-order valence-corrected chi connectivity index (χ2v) is 3.07. The number of H-pyrrole nitrogens is 1. The van der Waals surface area contributed by atoms with E-state index in [0.29, 0.717) is 16.7 Å². The lowest BCUT2D eigenvalue weighted by molar-refractivity contribution is 0.0691. The first-order chi connectivity index (χ1) is 7.13. The van der Waals surface area contributed by atoms with E-state index in [0.717, 1.165) is 0 Å². The van der Waals surface area contributed by atoms with Crippen LogP contribution in [0.4, 0.5) is 0 Å². The summed E-state index contributed by atoms with van der Waals surface area (Å²) in [5, 5.41) is 18.9. The molecule has 1 heterocycles. The van der Waals surface area contributed by atoms with Gasteiger partial charge in [0.15, 0.2) is 11.5 Å². The molecule has 78 valence electrons. The Kier molecular flexibility index (Phi) is 2.00. The monoisotopic (exact) mass is 207 g/mol. The SMILES string of the molecule is COc1ccc2[nH]c(C(=O)O)cc2c1O. The third-order valence-corrected chi connectivity index (χ3v) is 2.19. The summed E-state index contributed by atoms with van der Waals surface area (Å²) >= 11 is 0. The van der Waals surface area contributed by atoms with Crippen LogP contribution in [0.2, 0.25) is 0 Å². The van der Waals surface area contributed by atoms with Crippen LogP contribution in [0.15, 0.2) is 18.2 Å². The van der Waals surface area contributed by atoms with Crippen molar-refractivity contribution >= 4 is 16.9 Å². The van der Waals surface area contributed by atoms with Gasteiger partial charge in [-0.2, -0.15) is 0 Å². The molecule has 5 nitrogen and oxygen atoms in total. The molecule has 5 heteroatoms. The number of benzene rings is 1. The number of nitrogens with one attached hydrogen (secondary N) is 1. The number of carboxylic acid groups (broad SMARTS) is 1. The third kappa shape index (κ3) is 1.38. The molecule has 1 aromatic carbocycles. The summed E-state index contributed by atoms with van der Waals surface area (Å²) in [6, 6.07) is 4.59. The minimum absolute atomic E-state index is 0.0357. The van der Waals surface area contributed by atoms with E-state index < -0.39 is 5.97 Å². The van der Waals surface area contributed by atoms with E-state index in [4.69, 9.17) is 9.84 Å². The van der Waals surface area contributed by atoms with E-state index >= 15 is 0 Å². The van der Waals surface area contributed by atoms with Crippen molar-refractivity contribution in [3.63, 3.8) is 0 Å². The first-order valence-electron chi connectivity index (χ1n) is 4.25. The molecule has 2 aromatic rings. The zero-order chi connectivity index (χ0) is 11.0. The minimum atomic E-state index is -1.07. The Labute approximate surface area is 84.9 Å². The highest BCUT2D eigenvalue weighted by Crippen LogP contribution is 2.34. The van der Waals surface area contributed by atoms with Gasteiger partial charge in [-0.15, -0.1) is 0 Å². The van der Waals surface area contributed by atoms with Crippen molar-refractivity contribution in [3.8, 4) is 11.5 Å². The topological polar surface area (TPSA) is 82.6 Å². The predicted octanol–water partition coefficient (Wildman–Crippen LogP) is 1.58. The molecule has 0 spiro atoms. The maximum atomic E-state index is 10.7. The smallest absolute Gasteiger partial charge is 0.352 e. The van der Waals surface area contributed by atoms with Crippen LogP contribution >= 0.6 is 0 Å². The quantitative estimate of drug-likeness (QED) is 0.698. The second kappa shape index (κ2) is 3.20. The molecule has 0 unspecified atom stereocenters. The summed E-state index contributed by atoms with van der Waals surface area (Å²) in [6.45, 7) is 0. The first-order valence-corrected chi connectivity index (χ1v) is 4.25. The van der Waals surface area contributed by atoms with Crippen LogP contribution < -0.4 is 4.74 Å². The summed E-state index contributed by atoms with van der Waals surface area (Å²) in [5.41, 5.74) is 0.597. The number of hydrogen-bond donors (Lipinski definition) is 3. The number of phenolic OH excluding ortho intramolecular Hbond substituents is 1. The Morgan fingerprint density at radius 2 is 2.20 bits per heavy atom. The Balaban J connectivity index is 2.71. The van der Waals surface area contributed by atoms with E-state index in [1.807, 2.05) is 0 Å². The summed E-state index contributed by atoms with van der Waals surface area (Å²) in [6.07, 6.45) is 0. The molecule has 0 aliphatic carbocycles. The number of aromatic carboxylic acids is 1. The van der Waals surface area contributed by atoms with Crippen molar-refractivity contribution in [1.29, 1.82) is 0 Å². The van der Waals surface area contributed by atoms with E-state index in [1.54, 1.807) is 12.1 Å². The Hall–Kier alpha value is -2.17. The molecular formula is C10H9NO4. The molecule has 0 bridgehead atoms. The number of aromatic hydroxyl groups is 1. The number of methoxy groups -OCH3 is 1. The Morgan fingerprint density at radius 3 is 2.80 bits per heavy atom. The van der Waals surface area contributed by atoms with Gasteiger partial charge in [-0.1, -0.05) is 0 Å². The molecule has 0 saturated heterocycles. The zero-order valence-electron chi connectivity index (χ0n) is 7.94. The zero-order valence-corrected chi connectivity index (χ0v) is 7.94. The molecule has 0 aliphatic heterocycles. The number of rotatable bonds is 2. The van der Waals surface area contributed by atoms with E-state index in [2.05, 4.69) is 4.98 Å². The highest BCUT2D eigenvalue weighted by molar-refractivity contribution is 5.97. The van der Waals surface area contributed by atoms with Crippen molar-refractivity contribution in [3.05, 3.63) is 23.9 Å². The van der Waals surface area contributed by atoms with E-state index in [1.165, 1.54) is 13.2 Å². The maximum absolute atomic E-state index is 10.7. The van der Waals surface area contributed by atoms with Crippen LogP contribution in [0.5, 0.6) is 11.5 Å². The molecule has 0 fully saturated rings. The number of fused-ring (bicyclic) bond motifs is 1. The van der Waals surface area contributed by atoms with Crippen LogP contribution in [0.1, 0.15) is 10.5 Å². The van der Waals surface area contributed by atoms with Crippen molar-refractivity contribution in [2.45, 2.75) is 0 Å². The van der Waals surface area contributed by atoms with Gasteiger partial charge in [0.1, 0.15) is 5.69 Å². The fraction of sp³-hybridized carbons (Fsp3) is 0.100. The molecule has 1 aromatic heterocycles. The third-order valence-electron chi connectivity index (χ3n) is 2.19. The number of aromatic amines is 1. The van der Waals surface area contributed by atoms with Gasteiger partial charge in [-0.25, -0.2) is 4.79 Å². The lowest BCUT2D eigenvalue weighted by Gasteiger charge is -2.02. The average molecular weight is 207 g/mol. The van der Waals surface area contributed by atoms with Crippen LogP contribution in [-0.2, 0) is 0 Å². The van der Waals surface area contributed by atoms with Crippen molar-refractivity contribution in [2.75, 3.05) is 7.11 Å². The van der Waals surface area contributed by atoms with Crippen LogP contribution in [0, 0.1) is 0 Å². The van der Waals surface area contributed by atoms with Crippen molar-refractivity contribution < 1.29 is 19.7 Å². The number of carboxylic acids is 1. The average Bonchev–Trinajstić information content (AvgIpc) is 2.63. The lowest BCUT2D eigenvalue weighted by atomic mass is 10.2. The largest absolute Gasteiger partial charge is 0.504 e. The van der Waals surface area contributed by atoms with Gasteiger partial charge in [-0.05, 0) is 18.2 Å².